The Morgan fingerprint density at radius 1 is 1.47 bits per heavy atom. The first-order chi connectivity index (χ1) is 7.15. The normalized spacial score (nSPS) is 11.4. The van der Waals surface area contributed by atoms with E-state index in [1.165, 1.54) is 0 Å². The van der Waals surface area contributed by atoms with E-state index in [4.69, 9.17) is 5.73 Å². The lowest BCUT2D eigenvalue weighted by Crippen LogP contribution is -2.15. The largest absolute Gasteiger partial charge is 0.397 e. The summed E-state index contributed by atoms with van der Waals surface area (Å²) in [5, 5.41) is 0. The Labute approximate surface area is 88.3 Å². The van der Waals surface area contributed by atoms with Crippen LogP contribution in [0.3, 0.4) is 0 Å². The minimum Gasteiger partial charge on any atom is -0.397 e. The number of nitrogens with one attached hydrogen (secondary N) is 1. The summed E-state index contributed by atoms with van der Waals surface area (Å²) in [5.41, 5.74) is 7.93. The Morgan fingerprint density at radius 3 is 3.00 bits per heavy atom. The fourth-order valence-electron chi connectivity index (χ4n) is 1.41. The van der Waals surface area contributed by atoms with Crippen LogP contribution in [0.5, 0.6) is 0 Å². The third kappa shape index (κ3) is 2.24. The number of fused-ring (bicyclic) bond motifs is 1. The van der Waals surface area contributed by atoms with Crippen molar-refractivity contribution in [3.8, 4) is 0 Å². The lowest BCUT2D eigenvalue weighted by atomic mass is 10.4. The van der Waals surface area contributed by atoms with E-state index in [0.29, 0.717) is 5.69 Å². The molecule has 0 aliphatic heterocycles. The van der Waals surface area contributed by atoms with Crippen LogP contribution in [-0.2, 0) is 6.42 Å². The van der Waals surface area contributed by atoms with Crippen LogP contribution in [-0.4, -0.2) is 40.5 Å². The zero-order valence-corrected chi connectivity index (χ0v) is 8.99. The van der Waals surface area contributed by atoms with Crippen molar-refractivity contribution in [3.63, 3.8) is 0 Å². The first-order valence-electron chi connectivity index (χ1n) is 4.90. The minimum absolute atomic E-state index is 0.658. The summed E-state index contributed by atoms with van der Waals surface area (Å²) < 4.78 is 0. The molecule has 0 bridgehead atoms. The van der Waals surface area contributed by atoms with Crippen molar-refractivity contribution in [3.05, 3.63) is 18.1 Å². The first-order valence-corrected chi connectivity index (χ1v) is 4.90. The Bertz CT molecular complexity index is 460. The summed E-state index contributed by atoms with van der Waals surface area (Å²) in [5.74, 6) is 0.955. The Hall–Kier alpha value is -1.62. The number of aromatic amines is 1. The Balaban J connectivity index is 2.23. The molecule has 3 N–H and O–H groups in total. The van der Waals surface area contributed by atoms with E-state index in [2.05, 4.69) is 19.9 Å². The zero-order chi connectivity index (χ0) is 10.8. The topological polar surface area (TPSA) is 70.8 Å². The molecule has 0 atom stereocenters. The summed E-state index contributed by atoms with van der Waals surface area (Å²) in [6.07, 6.45) is 2.52. The summed E-state index contributed by atoms with van der Waals surface area (Å²) in [4.78, 5) is 13.9. The van der Waals surface area contributed by atoms with E-state index in [1.807, 2.05) is 20.2 Å². The van der Waals surface area contributed by atoms with Gasteiger partial charge in [-0.25, -0.2) is 9.97 Å². The van der Waals surface area contributed by atoms with Gasteiger partial charge in [0.05, 0.1) is 17.4 Å². The number of nitrogen functional groups attached to an aromatic ring is 1. The highest BCUT2D eigenvalue weighted by molar-refractivity contribution is 5.73. The second-order valence-corrected chi connectivity index (χ2v) is 3.88. The van der Waals surface area contributed by atoms with E-state index in [-0.39, 0.29) is 0 Å². The molecule has 15 heavy (non-hydrogen) atoms. The van der Waals surface area contributed by atoms with Crippen molar-refractivity contribution >= 4 is 16.9 Å². The number of aromatic nitrogens is 3. The van der Waals surface area contributed by atoms with Gasteiger partial charge in [-0.1, -0.05) is 0 Å². The van der Waals surface area contributed by atoms with Crippen LogP contribution in [0.25, 0.3) is 11.2 Å². The molecule has 2 aromatic rings. The van der Waals surface area contributed by atoms with E-state index >= 15 is 0 Å². The molecule has 5 heteroatoms. The standard InChI is InChI=1S/C10H15N5/c1-15(2)4-3-9-13-8-5-7(11)6-12-10(8)14-9/h5-6H,3-4,11H2,1-2H3,(H,12,13,14). The molecule has 0 aliphatic rings. The number of pyridine rings is 1. The molecule has 0 aliphatic carbocycles. The molecule has 80 valence electrons. The van der Waals surface area contributed by atoms with Crippen molar-refractivity contribution in [1.82, 2.24) is 19.9 Å². The number of imidazole rings is 1. The van der Waals surface area contributed by atoms with Gasteiger partial charge in [0, 0.05) is 13.0 Å². The predicted molar refractivity (Wildman–Crippen MR) is 60.6 cm³/mol. The van der Waals surface area contributed by atoms with Crippen LogP contribution in [0.15, 0.2) is 12.3 Å². The number of nitrogens with zero attached hydrogens (tertiary/aromatic N) is 3. The molecule has 0 aromatic carbocycles. The molecular weight excluding hydrogens is 190 g/mol. The number of rotatable bonds is 3. The van der Waals surface area contributed by atoms with Crippen LogP contribution >= 0.6 is 0 Å². The summed E-state index contributed by atoms with van der Waals surface area (Å²) in [6, 6.07) is 1.86. The number of H-pyrrole nitrogens is 1. The van der Waals surface area contributed by atoms with Gasteiger partial charge in [0.1, 0.15) is 5.82 Å². The molecule has 2 heterocycles. The SMILES string of the molecule is CN(C)CCc1nc2ncc(N)cc2[nH]1. The molecule has 0 spiro atoms. The average molecular weight is 205 g/mol. The van der Waals surface area contributed by atoms with Crippen LogP contribution in [0.2, 0.25) is 0 Å². The number of hydrogen-bond donors (Lipinski definition) is 2. The monoisotopic (exact) mass is 205 g/mol. The van der Waals surface area contributed by atoms with Crippen LogP contribution in [0.4, 0.5) is 5.69 Å². The van der Waals surface area contributed by atoms with Crippen molar-refractivity contribution in [1.29, 1.82) is 0 Å². The maximum atomic E-state index is 5.64. The zero-order valence-electron chi connectivity index (χ0n) is 8.99. The third-order valence-corrected chi connectivity index (χ3v) is 2.20. The molecule has 0 saturated heterocycles. The van der Waals surface area contributed by atoms with Gasteiger partial charge < -0.3 is 15.6 Å². The third-order valence-electron chi connectivity index (χ3n) is 2.20. The predicted octanol–water partition coefficient (Wildman–Crippen LogP) is 0.644. The lowest BCUT2D eigenvalue weighted by molar-refractivity contribution is 0.410. The van der Waals surface area contributed by atoms with Crippen LogP contribution in [0, 0.1) is 0 Å². The van der Waals surface area contributed by atoms with Crippen molar-refractivity contribution < 1.29 is 0 Å². The van der Waals surface area contributed by atoms with Gasteiger partial charge in [0.25, 0.3) is 0 Å². The van der Waals surface area contributed by atoms with Crippen molar-refractivity contribution in [2.24, 2.45) is 0 Å². The fourth-order valence-corrected chi connectivity index (χ4v) is 1.41. The Morgan fingerprint density at radius 2 is 2.27 bits per heavy atom. The maximum Gasteiger partial charge on any atom is 0.177 e. The molecule has 2 rings (SSSR count). The smallest absolute Gasteiger partial charge is 0.177 e. The highest BCUT2D eigenvalue weighted by Crippen LogP contribution is 2.12. The molecule has 0 radical (unpaired) electrons. The van der Waals surface area contributed by atoms with Gasteiger partial charge in [-0.3, -0.25) is 0 Å². The van der Waals surface area contributed by atoms with E-state index in [1.54, 1.807) is 6.20 Å². The van der Waals surface area contributed by atoms with Gasteiger partial charge >= 0.3 is 0 Å². The summed E-state index contributed by atoms with van der Waals surface area (Å²) >= 11 is 0. The lowest BCUT2D eigenvalue weighted by Gasteiger charge is -2.06. The quantitative estimate of drug-likeness (QED) is 0.771. The van der Waals surface area contributed by atoms with Gasteiger partial charge in [0.15, 0.2) is 5.65 Å². The summed E-state index contributed by atoms with van der Waals surface area (Å²) in [7, 11) is 4.08. The highest BCUT2D eigenvalue weighted by Gasteiger charge is 2.04. The molecule has 0 saturated carbocycles. The highest BCUT2D eigenvalue weighted by atomic mass is 15.1. The second kappa shape index (κ2) is 3.86. The number of nitrogens with two attached hydrogens (primary N) is 1. The Kier molecular flexibility index (Phi) is 2.55. The van der Waals surface area contributed by atoms with Crippen molar-refractivity contribution in [2.75, 3.05) is 26.4 Å². The molecule has 0 fully saturated rings. The molecule has 0 amide bonds. The number of anilines is 1. The molecule has 0 unspecified atom stereocenters. The molecule has 2 aromatic heterocycles. The van der Waals surface area contributed by atoms with Gasteiger partial charge in [-0.2, -0.15) is 0 Å². The van der Waals surface area contributed by atoms with Crippen molar-refractivity contribution in [2.45, 2.75) is 6.42 Å². The van der Waals surface area contributed by atoms with Crippen LogP contribution < -0.4 is 5.73 Å². The second-order valence-electron chi connectivity index (χ2n) is 3.88. The number of hydrogen-bond acceptors (Lipinski definition) is 4. The summed E-state index contributed by atoms with van der Waals surface area (Å²) in [6.45, 7) is 0.968. The molecule has 5 nitrogen and oxygen atoms in total. The average Bonchev–Trinajstić information content (AvgIpc) is 2.56. The van der Waals surface area contributed by atoms with Gasteiger partial charge in [-0.15, -0.1) is 0 Å². The van der Waals surface area contributed by atoms with Crippen LogP contribution in [0.1, 0.15) is 5.82 Å². The van der Waals surface area contributed by atoms with Gasteiger partial charge in [-0.05, 0) is 20.2 Å². The van der Waals surface area contributed by atoms with E-state index < -0.39 is 0 Å². The number of likely N-dealkylation sites (N-methyl/N-ethyl adjacent to an activating group) is 1. The first kappa shape index (κ1) is 9.92. The van der Waals surface area contributed by atoms with E-state index in [0.717, 1.165) is 30.0 Å². The van der Waals surface area contributed by atoms with E-state index in [9.17, 15) is 0 Å². The molecular formula is C10H15N5. The fraction of sp³-hybridized carbons (Fsp3) is 0.400. The minimum atomic E-state index is 0.658. The maximum absolute atomic E-state index is 5.64. The van der Waals surface area contributed by atoms with Gasteiger partial charge in [0.2, 0.25) is 0 Å².